The third-order valence-corrected chi connectivity index (χ3v) is 4.83. The highest BCUT2D eigenvalue weighted by Gasteiger charge is 2.29. The van der Waals surface area contributed by atoms with Gasteiger partial charge in [-0.25, -0.2) is 4.98 Å². The fraction of sp³-hybridized carbons (Fsp3) is 0.208. The Kier molecular flexibility index (Phi) is 7.26. The smallest absolute Gasteiger partial charge is 0.416 e. The quantitative estimate of drug-likeness (QED) is 0.308. The number of aromatic nitrogens is 4. The van der Waals surface area contributed by atoms with Crippen LogP contribution in [0.4, 0.5) is 18.9 Å². The molecule has 176 valence electrons. The van der Waals surface area contributed by atoms with Crippen LogP contribution in [0.1, 0.15) is 29.1 Å². The Hall–Kier alpha value is -4.08. The van der Waals surface area contributed by atoms with Gasteiger partial charge in [-0.15, -0.1) is 5.10 Å². The molecule has 0 aliphatic rings. The predicted octanol–water partition coefficient (Wildman–Crippen LogP) is 5.54. The maximum absolute atomic E-state index is 12.6. The van der Waals surface area contributed by atoms with Crippen LogP contribution in [0.5, 0.6) is 5.75 Å². The van der Waals surface area contributed by atoms with Gasteiger partial charge in [-0.05, 0) is 48.0 Å². The van der Waals surface area contributed by atoms with Crippen molar-refractivity contribution in [3.05, 3.63) is 89.9 Å². The molecule has 0 spiro atoms. The molecular formula is C24H22F3N5O2. The van der Waals surface area contributed by atoms with Crippen LogP contribution in [0, 0.1) is 0 Å². The minimum absolute atomic E-state index is 0.367. The summed E-state index contributed by atoms with van der Waals surface area (Å²) in [4.78, 5) is 4.35. The van der Waals surface area contributed by atoms with Gasteiger partial charge < -0.3 is 14.5 Å². The first kappa shape index (κ1) is 23.1. The van der Waals surface area contributed by atoms with Crippen molar-refractivity contribution in [3.8, 4) is 5.75 Å². The molecule has 2 aromatic heterocycles. The summed E-state index contributed by atoms with van der Waals surface area (Å²) in [6.07, 6.45) is 4.73. The van der Waals surface area contributed by atoms with Gasteiger partial charge in [0, 0.05) is 30.9 Å². The fourth-order valence-electron chi connectivity index (χ4n) is 3.06. The second kappa shape index (κ2) is 10.7. The van der Waals surface area contributed by atoms with E-state index in [-0.39, 0.29) is 0 Å². The summed E-state index contributed by atoms with van der Waals surface area (Å²) in [7, 11) is 0. The van der Waals surface area contributed by atoms with Crippen LogP contribution < -0.4 is 10.1 Å². The Labute approximate surface area is 193 Å². The van der Waals surface area contributed by atoms with Crippen molar-refractivity contribution in [3.63, 3.8) is 0 Å². The minimum atomic E-state index is -4.35. The van der Waals surface area contributed by atoms with Crippen LogP contribution >= 0.6 is 0 Å². The number of ether oxygens (including phenoxy) is 1. The van der Waals surface area contributed by atoms with Crippen molar-refractivity contribution in [1.82, 2.24) is 20.0 Å². The van der Waals surface area contributed by atoms with E-state index in [1.807, 2.05) is 30.5 Å². The number of hydrogen-bond donors (Lipinski definition) is 1. The number of hydrogen-bond acceptors (Lipinski definition) is 6. The molecule has 0 unspecified atom stereocenters. The van der Waals surface area contributed by atoms with E-state index in [9.17, 15) is 13.2 Å². The van der Waals surface area contributed by atoms with E-state index >= 15 is 0 Å². The van der Waals surface area contributed by atoms with Crippen molar-refractivity contribution in [2.24, 2.45) is 0 Å². The van der Waals surface area contributed by atoms with E-state index < -0.39 is 11.7 Å². The van der Waals surface area contributed by atoms with Gasteiger partial charge >= 0.3 is 6.18 Å². The van der Waals surface area contributed by atoms with E-state index in [1.165, 1.54) is 18.4 Å². The Morgan fingerprint density at radius 1 is 1.03 bits per heavy atom. The van der Waals surface area contributed by atoms with Crippen molar-refractivity contribution < 1.29 is 22.3 Å². The Morgan fingerprint density at radius 2 is 1.82 bits per heavy atom. The summed E-state index contributed by atoms with van der Waals surface area (Å²) in [6, 6.07) is 12.5. The number of nitrogens with one attached hydrogen (secondary N) is 1. The maximum Gasteiger partial charge on any atom is 0.416 e. The van der Waals surface area contributed by atoms with Crippen molar-refractivity contribution in [1.29, 1.82) is 0 Å². The summed E-state index contributed by atoms with van der Waals surface area (Å²) in [6.45, 7) is 1.78. The monoisotopic (exact) mass is 469 g/mol. The topological polar surface area (TPSA) is 78.0 Å². The molecule has 0 amide bonds. The van der Waals surface area contributed by atoms with Gasteiger partial charge in [-0.1, -0.05) is 17.3 Å². The molecule has 0 radical (unpaired) electrons. The Morgan fingerprint density at radius 3 is 2.53 bits per heavy atom. The van der Waals surface area contributed by atoms with E-state index in [2.05, 4.69) is 20.6 Å². The summed E-state index contributed by atoms with van der Waals surface area (Å²) < 4.78 is 50.8. The SMILES string of the molecule is FC(F)(F)c1ccc(C=Cc2nc(CNc3ccc(OCCCn4ccnn4)cc3)co2)cc1. The molecule has 4 aromatic rings. The molecule has 0 saturated carbocycles. The van der Waals surface area contributed by atoms with E-state index in [0.717, 1.165) is 36.5 Å². The number of benzene rings is 2. The molecule has 0 atom stereocenters. The van der Waals surface area contributed by atoms with Gasteiger partial charge in [0.05, 0.1) is 30.6 Å². The van der Waals surface area contributed by atoms with Crippen LogP contribution in [0.2, 0.25) is 0 Å². The zero-order valence-corrected chi connectivity index (χ0v) is 18.1. The van der Waals surface area contributed by atoms with Crippen LogP contribution in [-0.4, -0.2) is 26.6 Å². The number of aryl methyl sites for hydroxylation is 1. The van der Waals surface area contributed by atoms with Crippen molar-refractivity contribution in [2.75, 3.05) is 11.9 Å². The lowest BCUT2D eigenvalue weighted by Gasteiger charge is -2.08. The molecule has 34 heavy (non-hydrogen) atoms. The first-order valence-electron chi connectivity index (χ1n) is 10.6. The van der Waals surface area contributed by atoms with Crippen LogP contribution in [0.3, 0.4) is 0 Å². The first-order valence-corrected chi connectivity index (χ1v) is 10.6. The van der Waals surface area contributed by atoms with Crippen LogP contribution in [-0.2, 0) is 19.3 Å². The maximum atomic E-state index is 12.6. The molecule has 0 saturated heterocycles. The lowest BCUT2D eigenvalue weighted by molar-refractivity contribution is -0.137. The van der Waals surface area contributed by atoms with Gasteiger partial charge in [0.25, 0.3) is 0 Å². The molecule has 4 rings (SSSR count). The number of alkyl halides is 3. The zero-order chi connectivity index (χ0) is 23.8. The Balaban J connectivity index is 1.21. The van der Waals surface area contributed by atoms with Gasteiger partial charge in [0.1, 0.15) is 12.0 Å². The standard InChI is InChI=1S/C24H22F3N5O2/c25-24(26,27)19-5-2-18(3-6-19)4-11-23-30-21(17-34-23)16-28-20-7-9-22(10-8-20)33-15-1-13-32-14-12-29-31-32/h2-12,14,17,28H,1,13,15-16H2. The number of oxazole rings is 1. The molecule has 1 N–H and O–H groups in total. The molecule has 0 bridgehead atoms. The highest BCUT2D eigenvalue weighted by molar-refractivity contribution is 5.66. The largest absolute Gasteiger partial charge is 0.494 e. The molecule has 0 aliphatic carbocycles. The summed E-state index contributed by atoms with van der Waals surface area (Å²) >= 11 is 0. The normalized spacial score (nSPS) is 11.7. The summed E-state index contributed by atoms with van der Waals surface area (Å²) in [5, 5.41) is 10.9. The predicted molar refractivity (Wildman–Crippen MR) is 121 cm³/mol. The van der Waals surface area contributed by atoms with Crippen LogP contribution in [0.15, 0.2) is 71.6 Å². The van der Waals surface area contributed by atoms with Crippen LogP contribution in [0.25, 0.3) is 12.2 Å². The van der Waals surface area contributed by atoms with E-state index in [4.69, 9.17) is 9.15 Å². The van der Waals surface area contributed by atoms with E-state index in [1.54, 1.807) is 23.0 Å². The first-order chi connectivity index (χ1) is 16.5. The second-order valence-electron chi connectivity index (χ2n) is 7.38. The molecule has 0 aliphatic heterocycles. The zero-order valence-electron chi connectivity index (χ0n) is 18.1. The summed E-state index contributed by atoms with van der Waals surface area (Å²) in [5.74, 6) is 1.15. The van der Waals surface area contributed by atoms with Crippen molar-refractivity contribution >= 4 is 17.8 Å². The molecule has 2 aromatic carbocycles. The number of nitrogens with zero attached hydrogens (tertiary/aromatic N) is 4. The molecule has 2 heterocycles. The summed E-state index contributed by atoms with van der Waals surface area (Å²) in [5.41, 5.74) is 1.53. The van der Waals surface area contributed by atoms with Gasteiger partial charge in [-0.2, -0.15) is 13.2 Å². The number of halogens is 3. The lowest BCUT2D eigenvalue weighted by Crippen LogP contribution is -2.05. The number of anilines is 1. The minimum Gasteiger partial charge on any atom is -0.494 e. The van der Waals surface area contributed by atoms with Crippen molar-refractivity contribution in [2.45, 2.75) is 25.7 Å². The molecule has 10 heteroatoms. The van der Waals surface area contributed by atoms with Gasteiger partial charge in [0.2, 0.25) is 5.89 Å². The third-order valence-electron chi connectivity index (χ3n) is 4.83. The second-order valence-corrected chi connectivity index (χ2v) is 7.38. The van der Waals surface area contributed by atoms with Gasteiger partial charge in [-0.3, -0.25) is 4.68 Å². The highest BCUT2D eigenvalue weighted by atomic mass is 19.4. The van der Waals surface area contributed by atoms with E-state index in [0.29, 0.717) is 30.3 Å². The molecule has 7 nitrogen and oxygen atoms in total. The number of rotatable bonds is 10. The lowest BCUT2D eigenvalue weighted by atomic mass is 10.1. The Bertz CT molecular complexity index is 1180. The van der Waals surface area contributed by atoms with Gasteiger partial charge in [0.15, 0.2) is 0 Å². The third kappa shape index (κ3) is 6.71. The molecule has 0 fully saturated rings. The highest BCUT2D eigenvalue weighted by Crippen LogP contribution is 2.29. The average Bonchev–Trinajstić information content (AvgIpc) is 3.52. The average molecular weight is 469 g/mol. The fourth-order valence-corrected chi connectivity index (χ4v) is 3.06. The molecular weight excluding hydrogens is 447 g/mol.